The highest BCUT2D eigenvalue weighted by Crippen LogP contribution is 2.18. The normalized spacial score (nSPS) is 10.4. The van der Waals surface area contributed by atoms with E-state index in [-0.39, 0.29) is 11.7 Å². The van der Waals surface area contributed by atoms with Crippen LogP contribution in [0.3, 0.4) is 0 Å². The molecule has 1 aromatic carbocycles. The Morgan fingerprint density at radius 2 is 1.95 bits per heavy atom. The first-order valence-electron chi connectivity index (χ1n) is 6.56. The van der Waals surface area contributed by atoms with Crippen LogP contribution in [0.5, 0.6) is 5.75 Å². The van der Waals surface area contributed by atoms with Crippen LogP contribution in [-0.4, -0.2) is 25.7 Å². The van der Waals surface area contributed by atoms with Crippen molar-refractivity contribution >= 4 is 27.5 Å². The Morgan fingerprint density at radius 3 is 2.57 bits per heavy atom. The summed E-state index contributed by atoms with van der Waals surface area (Å²) in [4.78, 5) is 11.9. The van der Waals surface area contributed by atoms with Crippen LogP contribution >= 0.6 is 15.9 Å². The van der Waals surface area contributed by atoms with Crippen molar-refractivity contribution in [2.45, 2.75) is 6.92 Å². The number of hydrogen-bond donors (Lipinski definition) is 1. The zero-order chi connectivity index (χ0) is 15.1. The van der Waals surface area contributed by atoms with E-state index in [1.165, 1.54) is 0 Å². The van der Waals surface area contributed by atoms with Gasteiger partial charge < -0.3 is 19.2 Å². The highest BCUT2D eigenvalue weighted by Gasteiger charge is 2.10. The van der Waals surface area contributed by atoms with Gasteiger partial charge in [-0.2, -0.15) is 0 Å². The van der Waals surface area contributed by atoms with Gasteiger partial charge in [0.15, 0.2) is 10.4 Å². The number of nitrogens with one attached hydrogen (secondary N) is 1. The number of carbonyl (C=O) groups excluding carboxylic acids is 1. The van der Waals surface area contributed by atoms with Crippen molar-refractivity contribution in [3.05, 3.63) is 46.8 Å². The zero-order valence-electron chi connectivity index (χ0n) is 11.6. The molecule has 0 aliphatic rings. The third-order valence-corrected chi connectivity index (χ3v) is 3.04. The van der Waals surface area contributed by atoms with Crippen molar-refractivity contribution in [3.8, 4) is 5.75 Å². The summed E-state index contributed by atoms with van der Waals surface area (Å²) >= 11 is 3.16. The van der Waals surface area contributed by atoms with Gasteiger partial charge in [0.2, 0.25) is 0 Å². The highest BCUT2D eigenvalue weighted by molar-refractivity contribution is 9.10. The smallest absolute Gasteiger partial charge is 0.291 e. The van der Waals surface area contributed by atoms with Gasteiger partial charge in [0.1, 0.15) is 12.4 Å². The van der Waals surface area contributed by atoms with Gasteiger partial charge in [-0.15, -0.1) is 0 Å². The molecular formula is C15H16BrNO4. The Morgan fingerprint density at radius 1 is 1.19 bits per heavy atom. The minimum atomic E-state index is -0.300. The standard InChI is InChI=1S/C15H16BrNO4/c1-2-19-9-10-20-12-5-3-11(4-6-12)17-15(18)13-7-8-14(16)21-13/h3-8H,2,9-10H2,1H3,(H,17,18). The average molecular weight is 354 g/mol. The van der Waals surface area contributed by atoms with Gasteiger partial charge in [0.05, 0.1) is 6.61 Å². The zero-order valence-corrected chi connectivity index (χ0v) is 13.2. The molecule has 0 aliphatic heterocycles. The van der Waals surface area contributed by atoms with Crippen LogP contribution in [0.25, 0.3) is 0 Å². The first-order valence-corrected chi connectivity index (χ1v) is 7.35. The van der Waals surface area contributed by atoms with E-state index in [0.717, 1.165) is 5.75 Å². The molecule has 0 atom stereocenters. The molecule has 2 aromatic rings. The molecule has 6 heteroatoms. The van der Waals surface area contributed by atoms with E-state index in [1.807, 2.05) is 6.92 Å². The van der Waals surface area contributed by atoms with Gasteiger partial charge in [0.25, 0.3) is 5.91 Å². The predicted molar refractivity (Wildman–Crippen MR) is 82.8 cm³/mol. The number of furan rings is 1. The molecule has 0 radical (unpaired) electrons. The van der Waals surface area contributed by atoms with E-state index in [9.17, 15) is 4.79 Å². The monoisotopic (exact) mass is 353 g/mol. The number of halogens is 1. The molecule has 0 bridgehead atoms. The molecule has 0 unspecified atom stereocenters. The average Bonchev–Trinajstić information content (AvgIpc) is 2.92. The van der Waals surface area contributed by atoms with Crippen LogP contribution in [0.1, 0.15) is 17.5 Å². The van der Waals surface area contributed by atoms with Crippen molar-refractivity contribution in [2.24, 2.45) is 0 Å². The molecule has 21 heavy (non-hydrogen) atoms. The quantitative estimate of drug-likeness (QED) is 0.770. The Hall–Kier alpha value is -1.79. The SMILES string of the molecule is CCOCCOc1ccc(NC(=O)c2ccc(Br)o2)cc1. The number of rotatable bonds is 7. The maximum atomic E-state index is 11.9. The van der Waals surface area contributed by atoms with Crippen LogP contribution in [0.15, 0.2) is 45.5 Å². The fourth-order valence-electron chi connectivity index (χ4n) is 1.63. The molecule has 1 N–H and O–H groups in total. The van der Waals surface area contributed by atoms with Gasteiger partial charge in [-0.3, -0.25) is 4.79 Å². The van der Waals surface area contributed by atoms with Crippen LogP contribution in [0, 0.1) is 0 Å². The first-order chi connectivity index (χ1) is 10.2. The Bertz CT molecular complexity index is 580. The minimum Gasteiger partial charge on any atom is -0.491 e. The van der Waals surface area contributed by atoms with Crippen molar-refractivity contribution < 1.29 is 18.7 Å². The fraction of sp³-hybridized carbons (Fsp3) is 0.267. The Labute approximate surface area is 131 Å². The second-order valence-corrected chi connectivity index (χ2v) is 4.91. The third-order valence-electron chi connectivity index (χ3n) is 2.61. The second kappa shape index (κ2) is 7.85. The number of amides is 1. The summed E-state index contributed by atoms with van der Waals surface area (Å²) in [5, 5.41) is 2.74. The fourth-order valence-corrected chi connectivity index (χ4v) is 1.93. The van der Waals surface area contributed by atoms with E-state index < -0.39 is 0 Å². The molecule has 1 aromatic heterocycles. The Kier molecular flexibility index (Phi) is 5.83. The molecule has 0 saturated heterocycles. The van der Waals surface area contributed by atoms with Crippen LogP contribution in [0.4, 0.5) is 5.69 Å². The maximum absolute atomic E-state index is 11.9. The van der Waals surface area contributed by atoms with Crippen molar-refractivity contribution in [1.29, 1.82) is 0 Å². The second-order valence-electron chi connectivity index (χ2n) is 4.13. The minimum absolute atomic E-state index is 0.249. The molecule has 0 saturated carbocycles. The van der Waals surface area contributed by atoms with E-state index in [2.05, 4.69) is 21.2 Å². The molecule has 1 amide bonds. The summed E-state index contributed by atoms with van der Waals surface area (Å²) in [6.07, 6.45) is 0. The summed E-state index contributed by atoms with van der Waals surface area (Å²) in [7, 11) is 0. The lowest BCUT2D eigenvalue weighted by Crippen LogP contribution is -2.10. The summed E-state index contributed by atoms with van der Waals surface area (Å²) in [6, 6.07) is 10.4. The van der Waals surface area contributed by atoms with Gasteiger partial charge in [-0.05, 0) is 59.3 Å². The van der Waals surface area contributed by atoms with Crippen molar-refractivity contribution in [2.75, 3.05) is 25.1 Å². The number of ether oxygens (including phenoxy) is 2. The lowest BCUT2D eigenvalue weighted by Gasteiger charge is -2.07. The van der Waals surface area contributed by atoms with Crippen LogP contribution in [0.2, 0.25) is 0 Å². The Balaban J connectivity index is 1.86. The summed E-state index contributed by atoms with van der Waals surface area (Å²) in [5.74, 6) is 0.679. The topological polar surface area (TPSA) is 60.7 Å². The van der Waals surface area contributed by atoms with Crippen LogP contribution in [-0.2, 0) is 4.74 Å². The molecule has 2 rings (SSSR count). The van der Waals surface area contributed by atoms with Gasteiger partial charge in [-0.1, -0.05) is 0 Å². The van der Waals surface area contributed by atoms with Gasteiger partial charge in [-0.25, -0.2) is 0 Å². The molecule has 112 valence electrons. The lowest BCUT2D eigenvalue weighted by molar-refractivity contribution is 0.0995. The molecule has 0 spiro atoms. The largest absolute Gasteiger partial charge is 0.491 e. The van der Waals surface area contributed by atoms with Gasteiger partial charge >= 0.3 is 0 Å². The molecule has 1 heterocycles. The molecule has 0 aliphatic carbocycles. The third kappa shape index (κ3) is 4.91. The van der Waals surface area contributed by atoms with E-state index in [0.29, 0.717) is 30.2 Å². The first kappa shape index (κ1) is 15.6. The van der Waals surface area contributed by atoms with Gasteiger partial charge in [0, 0.05) is 12.3 Å². The summed E-state index contributed by atoms with van der Waals surface area (Å²) in [6.45, 7) is 3.68. The summed E-state index contributed by atoms with van der Waals surface area (Å²) in [5.41, 5.74) is 0.671. The molecule has 5 nitrogen and oxygen atoms in total. The molecule has 0 fully saturated rings. The number of benzene rings is 1. The highest BCUT2D eigenvalue weighted by atomic mass is 79.9. The number of hydrogen-bond acceptors (Lipinski definition) is 4. The van der Waals surface area contributed by atoms with E-state index in [1.54, 1.807) is 36.4 Å². The number of anilines is 1. The lowest BCUT2D eigenvalue weighted by atomic mass is 10.3. The number of carbonyl (C=O) groups is 1. The van der Waals surface area contributed by atoms with Crippen molar-refractivity contribution in [1.82, 2.24) is 0 Å². The van der Waals surface area contributed by atoms with E-state index in [4.69, 9.17) is 13.9 Å². The molecular weight excluding hydrogens is 338 g/mol. The maximum Gasteiger partial charge on any atom is 0.291 e. The summed E-state index contributed by atoms with van der Waals surface area (Å²) < 4.78 is 16.4. The van der Waals surface area contributed by atoms with E-state index >= 15 is 0 Å². The van der Waals surface area contributed by atoms with Crippen LogP contribution < -0.4 is 10.1 Å². The predicted octanol–water partition coefficient (Wildman–Crippen LogP) is 3.71. The van der Waals surface area contributed by atoms with Crippen molar-refractivity contribution in [3.63, 3.8) is 0 Å².